The molecule has 0 radical (unpaired) electrons. The predicted octanol–water partition coefficient (Wildman–Crippen LogP) is 9.08. The van der Waals surface area contributed by atoms with Crippen molar-refractivity contribution in [3.63, 3.8) is 0 Å². The first kappa shape index (κ1) is 48.3. The first-order chi connectivity index (χ1) is 30.6. The largest absolute Gasteiger partial charge is 0.435 e. The van der Waals surface area contributed by atoms with Gasteiger partial charge in [-0.3, -0.25) is 23.9 Å². The summed E-state index contributed by atoms with van der Waals surface area (Å²) in [6, 6.07) is 5.02. The number of benzene rings is 2. The van der Waals surface area contributed by atoms with Crippen molar-refractivity contribution in [1.82, 2.24) is 29.9 Å². The molecule has 0 aliphatic heterocycles. The maximum atomic E-state index is 15.6. The number of pyridine rings is 1. The molecule has 0 unspecified atom stereocenters. The highest BCUT2D eigenvalue weighted by molar-refractivity contribution is 14.1. The summed E-state index contributed by atoms with van der Waals surface area (Å²) in [5.41, 5.74) is -3.48. The maximum absolute atomic E-state index is 15.6. The summed E-state index contributed by atoms with van der Waals surface area (Å²) in [5.74, 6) is -10.0. The number of nitrogens with zero attached hydrogens (tertiary/aromatic N) is 5. The van der Waals surface area contributed by atoms with E-state index in [0.29, 0.717) is 22.5 Å². The van der Waals surface area contributed by atoms with Gasteiger partial charge in [0.2, 0.25) is 15.9 Å². The first-order valence-corrected chi connectivity index (χ1v) is 25.2. The number of amides is 1. The van der Waals surface area contributed by atoms with E-state index in [0.717, 1.165) is 23.1 Å². The van der Waals surface area contributed by atoms with Gasteiger partial charge in [0.05, 0.1) is 49.6 Å². The summed E-state index contributed by atoms with van der Waals surface area (Å²) >= 11 is 8.50. The maximum Gasteiger partial charge on any atom is 0.435 e. The Bertz CT molecular complexity index is 3010. The van der Waals surface area contributed by atoms with Gasteiger partial charge in [-0.25, -0.2) is 34.4 Å². The van der Waals surface area contributed by atoms with Gasteiger partial charge in [-0.1, -0.05) is 17.7 Å². The molecule has 2 fully saturated rings. The third-order valence-corrected chi connectivity index (χ3v) is 16.9. The molecule has 0 saturated heterocycles. The van der Waals surface area contributed by atoms with E-state index in [4.69, 9.17) is 16.6 Å². The van der Waals surface area contributed by atoms with Crippen molar-refractivity contribution in [3.05, 3.63) is 90.5 Å². The number of anilines is 1. The number of alkyl halides is 7. The second kappa shape index (κ2) is 16.8. The van der Waals surface area contributed by atoms with Crippen molar-refractivity contribution in [2.75, 3.05) is 11.0 Å². The molecule has 2 saturated carbocycles. The highest BCUT2D eigenvalue weighted by atomic mass is 127. The lowest BCUT2D eigenvalue weighted by molar-refractivity contribution is -0.142. The number of rotatable bonds is 16. The topological polar surface area (TPSA) is 158 Å². The standard InChI is InChI=1S/C41H38ClF9IN7O5S2/c1-39(2,66(63,64)21-4-5-21)9-8-28-27(52)15-23(22-6-7-26(42)33-35(22)58(16-30(45)46)56-38(33)57-65(3,61)62)34(54-28)29(12-18-10-19(43)13-20(44)11-18)53-31(60)17-59-37-32(36(55-59)41(49,50)51)24-14-25(24)40(37,47)48/h6-7,10-11,13,15,21,24-25,29-30H,4-5,8-9,12,14,16-17H2,1-3H3,(H,53,60)(H,56,57)/t24-,25+,29-/m0/s1. The quantitative estimate of drug-likeness (QED) is 0.0732. The number of hydrogen-bond donors (Lipinski definition) is 2. The van der Waals surface area contributed by atoms with Crippen LogP contribution in [0.15, 0.2) is 36.4 Å². The van der Waals surface area contributed by atoms with E-state index in [9.17, 15) is 52.4 Å². The van der Waals surface area contributed by atoms with Gasteiger partial charge < -0.3 is 5.32 Å². The molecule has 3 atom stereocenters. The molecule has 2 aromatic carbocycles. The smallest absolute Gasteiger partial charge is 0.346 e. The number of hydrogen-bond acceptors (Lipinski definition) is 8. The first-order valence-electron chi connectivity index (χ1n) is 20.3. The third-order valence-electron chi connectivity index (χ3n) is 12.0. The highest BCUT2D eigenvalue weighted by Gasteiger charge is 2.68. The summed E-state index contributed by atoms with van der Waals surface area (Å²) in [6.45, 7) is 0.837. The molecule has 0 bridgehead atoms. The zero-order valence-electron chi connectivity index (χ0n) is 34.8. The van der Waals surface area contributed by atoms with Crippen LogP contribution in [0.4, 0.5) is 45.3 Å². The molecule has 25 heteroatoms. The molecule has 3 heterocycles. The lowest BCUT2D eigenvalue weighted by atomic mass is 9.93. The van der Waals surface area contributed by atoms with Crippen LogP contribution in [-0.2, 0) is 62.7 Å². The second-order valence-electron chi connectivity index (χ2n) is 17.4. The Hall–Kier alpha value is -4.17. The van der Waals surface area contributed by atoms with Crippen LogP contribution in [0.1, 0.15) is 85.4 Å². The normalized spacial score (nSPS) is 18.7. The number of sulfonamides is 1. The number of carbonyl (C=O) groups is 1. The van der Waals surface area contributed by atoms with Crippen molar-refractivity contribution in [2.45, 2.75) is 106 Å². The van der Waals surface area contributed by atoms with E-state index in [1.54, 1.807) is 13.8 Å². The average molecular weight is 1110 g/mol. The van der Waals surface area contributed by atoms with E-state index in [1.165, 1.54) is 18.2 Å². The Morgan fingerprint density at radius 3 is 2.27 bits per heavy atom. The number of aromatic nitrogens is 5. The van der Waals surface area contributed by atoms with Gasteiger partial charge in [0.25, 0.3) is 12.3 Å². The van der Waals surface area contributed by atoms with E-state index in [-0.39, 0.29) is 67.9 Å². The van der Waals surface area contributed by atoms with Gasteiger partial charge in [-0.2, -0.15) is 32.1 Å². The fourth-order valence-electron chi connectivity index (χ4n) is 8.75. The second-order valence-corrected chi connectivity index (χ2v) is 23.6. The number of carbonyl (C=O) groups excluding carboxylic acids is 1. The fourth-order valence-corrected chi connectivity index (χ4v) is 12.2. The van der Waals surface area contributed by atoms with Crippen LogP contribution in [-0.4, -0.2) is 70.0 Å². The van der Waals surface area contributed by atoms with Crippen molar-refractivity contribution in [1.29, 1.82) is 0 Å². The van der Waals surface area contributed by atoms with Gasteiger partial charge in [0.1, 0.15) is 30.4 Å². The van der Waals surface area contributed by atoms with E-state index in [1.807, 2.05) is 22.6 Å². The molecule has 1 amide bonds. The Labute approximate surface area is 390 Å². The molecule has 3 aliphatic rings. The zero-order valence-corrected chi connectivity index (χ0v) is 39.3. The van der Waals surface area contributed by atoms with Gasteiger partial charge in [0, 0.05) is 32.2 Å². The van der Waals surface area contributed by atoms with Crippen molar-refractivity contribution in [3.8, 4) is 11.1 Å². The van der Waals surface area contributed by atoms with Crippen LogP contribution in [0.3, 0.4) is 0 Å². The highest BCUT2D eigenvalue weighted by Crippen LogP contribution is 2.68. The summed E-state index contributed by atoms with van der Waals surface area (Å²) in [5, 5.41) is 9.32. The minimum absolute atomic E-state index is 0.0102. The fraction of sp³-hybridized carbons (Fsp3) is 0.463. The summed E-state index contributed by atoms with van der Waals surface area (Å²) < 4.78 is 186. The number of halogens is 11. The van der Waals surface area contributed by atoms with Crippen molar-refractivity contribution in [2.24, 2.45) is 5.92 Å². The lowest BCUT2D eigenvalue weighted by Gasteiger charge is -2.26. The molecule has 8 rings (SSSR count). The van der Waals surface area contributed by atoms with Crippen molar-refractivity contribution >= 4 is 76.7 Å². The van der Waals surface area contributed by atoms with Gasteiger partial charge >= 0.3 is 6.18 Å². The van der Waals surface area contributed by atoms with Crippen LogP contribution < -0.4 is 10.0 Å². The Morgan fingerprint density at radius 2 is 1.67 bits per heavy atom. The van der Waals surface area contributed by atoms with E-state index in [2.05, 4.69) is 20.2 Å². The van der Waals surface area contributed by atoms with Gasteiger partial charge in [-0.05, 0) is 111 Å². The molecule has 12 nitrogen and oxygen atoms in total. The Kier molecular flexibility index (Phi) is 12.3. The molecule has 66 heavy (non-hydrogen) atoms. The molecule has 3 aromatic heterocycles. The van der Waals surface area contributed by atoms with E-state index >= 15 is 8.78 Å². The van der Waals surface area contributed by atoms with Crippen LogP contribution in [0.5, 0.6) is 0 Å². The molecule has 3 aliphatic carbocycles. The monoisotopic (exact) mass is 1110 g/mol. The summed E-state index contributed by atoms with van der Waals surface area (Å²) in [7, 11) is -7.71. The van der Waals surface area contributed by atoms with Crippen LogP contribution in [0.2, 0.25) is 5.02 Å². The van der Waals surface area contributed by atoms with Gasteiger partial charge in [-0.15, -0.1) is 0 Å². The lowest BCUT2D eigenvalue weighted by Crippen LogP contribution is -2.36. The summed E-state index contributed by atoms with van der Waals surface area (Å²) in [4.78, 5) is 19.1. The molecule has 356 valence electrons. The molecule has 5 aromatic rings. The van der Waals surface area contributed by atoms with Gasteiger partial charge in [0.15, 0.2) is 21.3 Å². The third kappa shape index (κ3) is 9.22. The minimum atomic E-state index is -5.15. The minimum Gasteiger partial charge on any atom is -0.346 e. The van der Waals surface area contributed by atoms with E-state index < -0.39 is 126 Å². The predicted molar refractivity (Wildman–Crippen MR) is 232 cm³/mol. The average Bonchev–Trinajstić information content (AvgIpc) is 4.10. The summed E-state index contributed by atoms with van der Waals surface area (Å²) in [6.07, 6.45) is -7.15. The number of fused-ring (bicyclic) bond motifs is 4. The van der Waals surface area contributed by atoms with Crippen LogP contribution >= 0.6 is 34.2 Å². The zero-order chi connectivity index (χ0) is 48.2. The number of nitrogens with one attached hydrogen (secondary N) is 2. The molecule has 0 spiro atoms. The number of sulfone groups is 1. The van der Waals surface area contributed by atoms with Crippen LogP contribution in [0, 0.1) is 21.1 Å². The van der Waals surface area contributed by atoms with Crippen LogP contribution in [0.25, 0.3) is 22.0 Å². The Balaban J connectivity index is 1.31. The number of aryl methyl sites for hydroxylation is 1. The van der Waals surface area contributed by atoms with Crippen molar-refractivity contribution < 1.29 is 61.1 Å². The molecular weight excluding hydrogens is 1070 g/mol. The Morgan fingerprint density at radius 1 is 1.00 bits per heavy atom. The SMILES string of the molecule is CC(C)(CCc1nc([C@H](Cc2cc(F)cc(F)c2)NC(=O)Cn2nc(C(F)(F)F)c3c2C(F)(F)[C@@H]2C[C@H]32)c(-c2ccc(Cl)c3c(NS(C)(=O)=O)nn(CC(F)F)c23)cc1I)S(=O)(=O)C1CC1. The molecule has 2 N–H and O–H groups in total. The molecular formula is C41H38ClF9IN7O5S2.